The standard InChI is InChI=1S/C15H28N2O3S.ClH/c1-17(15(18)11-6-5-7-12(16)10-11)13-8-3-4-9-14(13)21(2,19)20;/h11-14H,3-10,16H2,1-2H3;1H. The highest BCUT2D eigenvalue weighted by Crippen LogP contribution is 2.31. The van der Waals surface area contributed by atoms with Gasteiger partial charge in [0, 0.05) is 31.3 Å². The van der Waals surface area contributed by atoms with Crippen LogP contribution >= 0.6 is 12.4 Å². The molecule has 0 aromatic carbocycles. The van der Waals surface area contributed by atoms with Crippen LogP contribution in [0.3, 0.4) is 0 Å². The summed E-state index contributed by atoms with van der Waals surface area (Å²) in [5, 5.41) is -0.405. The van der Waals surface area contributed by atoms with Crippen LogP contribution in [0.2, 0.25) is 0 Å². The lowest BCUT2D eigenvalue weighted by atomic mass is 9.84. The molecule has 130 valence electrons. The predicted octanol–water partition coefficient (Wildman–Crippen LogP) is 1.74. The van der Waals surface area contributed by atoms with Crippen LogP contribution in [-0.2, 0) is 14.6 Å². The second-order valence-corrected chi connectivity index (χ2v) is 9.06. The Morgan fingerprint density at radius 1 is 1.09 bits per heavy atom. The average molecular weight is 353 g/mol. The van der Waals surface area contributed by atoms with Crippen molar-refractivity contribution in [2.24, 2.45) is 11.7 Å². The fourth-order valence-corrected chi connectivity index (χ4v) is 5.41. The second-order valence-electron chi connectivity index (χ2n) is 6.79. The summed E-state index contributed by atoms with van der Waals surface area (Å²) < 4.78 is 24.0. The molecule has 2 saturated carbocycles. The fourth-order valence-electron chi connectivity index (χ4n) is 3.92. The number of rotatable bonds is 3. The van der Waals surface area contributed by atoms with Gasteiger partial charge in [0.2, 0.25) is 5.91 Å². The normalized spacial score (nSPS) is 32.9. The fraction of sp³-hybridized carbons (Fsp3) is 0.933. The van der Waals surface area contributed by atoms with Gasteiger partial charge in [-0.15, -0.1) is 12.4 Å². The quantitative estimate of drug-likeness (QED) is 0.838. The monoisotopic (exact) mass is 352 g/mol. The molecule has 0 saturated heterocycles. The lowest BCUT2D eigenvalue weighted by Gasteiger charge is -2.39. The van der Waals surface area contributed by atoms with E-state index >= 15 is 0 Å². The van der Waals surface area contributed by atoms with Crippen molar-refractivity contribution in [2.45, 2.75) is 68.7 Å². The molecular weight excluding hydrogens is 324 g/mol. The number of sulfone groups is 1. The maximum Gasteiger partial charge on any atom is 0.225 e. The van der Waals surface area contributed by atoms with Gasteiger partial charge in [-0.25, -0.2) is 8.42 Å². The molecule has 7 heteroatoms. The van der Waals surface area contributed by atoms with Crippen LogP contribution in [-0.4, -0.2) is 49.9 Å². The van der Waals surface area contributed by atoms with Crippen LogP contribution in [0.1, 0.15) is 51.4 Å². The van der Waals surface area contributed by atoms with Crippen molar-refractivity contribution in [1.82, 2.24) is 4.90 Å². The number of halogens is 1. The van der Waals surface area contributed by atoms with Crippen LogP contribution in [0.15, 0.2) is 0 Å². The second kappa shape index (κ2) is 7.97. The zero-order valence-corrected chi connectivity index (χ0v) is 15.2. The molecule has 1 amide bonds. The largest absolute Gasteiger partial charge is 0.341 e. The smallest absolute Gasteiger partial charge is 0.225 e. The summed E-state index contributed by atoms with van der Waals surface area (Å²) in [6, 6.07) is -0.0578. The van der Waals surface area contributed by atoms with Crippen LogP contribution in [0.4, 0.5) is 0 Å². The van der Waals surface area contributed by atoms with Gasteiger partial charge in [-0.2, -0.15) is 0 Å². The van der Waals surface area contributed by atoms with Crippen molar-refractivity contribution in [3.8, 4) is 0 Å². The molecule has 0 radical (unpaired) electrons. The number of hydrogen-bond acceptors (Lipinski definition) is 4. The van der Waals surface area contributed by atoms with Gasteiger partial charge in [0.1, 0.15) is 0 Å². The summed E-state index contributed by atoms with van der Waals surface area (Å²) >= 11 is 0. The van der Waals surface area contributed by atoms with Gasteiger partial charge in [-0.05, 0) is 32.1 Å². The third kappa shape index (κ3) is 4.59. The zero-order chi connectivity index (χ0) is 15.6. The molecule has 0 heterocycles. The first-order valence-electron chi connectivity index (χ1n) is 8.02. The minimum Gasteiger partial charge on any atom is -0.341 e. The molecule has 4 unspecified atom stereocenters. The number of amides is 1. The highest BCUT2D eigenvalue weighted by atomic mass is 35.5. The first-order chi connectivity index (χ1) is 9.80. The van der Waals surface area contributed by atoms with E-state index in [-0.39, 0.29) is 36.3 Å². The maximum absolute atomic E-state index is 12.7. The number of nitrogens with two attached hydrogens (primary N) is 1. The zero-order valence-electron chi connectivity index (χ0n) is 13.5. The van der Waals surface area contributed by atoms with E-state index in [4.69, 9.17) is 5.73 Å². The van der Waals surface area contributed by atoms with Gasteiger partial charge in [0.15, 0.2) is 9.84 Å². The van der Waals surface area contributed by atoms with E-state index in [2.05, 4.69) is 0 Å². The number of carbonyl (C=O) groups is 1. The van der Waals surface area contributed by atoms with Gasteiger partial charge in [-0.1, -0.05) is 19.3 Å². The molecular formula is C15H29ClN2O3S. The molecule has 5 nitrogen and oxygen atoms in total. The van der Waals surface area contributed by atoms with Crippen molar-refractivity contribution in [3.63, 3.8) is 0 Å². The molecule has 2 fully saturated rings. The number of nitrogens with zero attached hydrogens (tertiary/aromatic N) is 1. The Morgan fingerprint density at radius 3 is 2.32 bits per heavy atom. The Morgan fingerprint density at radius 2 is 1.73 bits per heavy atom. The number of carbonyl (C=O) groups excluding carboxylic acids is 1. The topological polar surface area (TPSA) is 80.5 Å². The molecule has 2 N–H and O–H groups in total. The SMILES string of the molecule is CN(C(=O)C1CCCC(N)C1)C1CCCCC1S(C)(=O)=O.Cl. The maximum atomic E-state index is 12.7. The number of hydrogen-bond donors (Lipinski definition) is 1. The Bertz CT molecular complexity index is 483. The molecule has 0 aromatic rings. The van der Waals surface area contributed by atoms with Gasteiger partial charge >= 0.3 is 0 Å². The highest BCUT2D eigenvalue weighted by Gasteiger charge is 2.39. The van der Waals surface area contributed by atoms with Crippen LogP contribution < -0.4 is 5.73 Å². The molecule has 0 aliphatic heterocycles. The van der Waals surface area contributed by atoms with E-state index in [1.807, 2.05) is 0 Å². The summed E-state index contributed by atoms with van der Waals surface area (Å²) in [7, 11) is -1.34. The predicted molar refractivity (Wildman–Crippen MR) is 90.8 cm³/mol. The third-order valence-electron chi connectivity index (χ3n) is 5.13. The summed E-state index contributed by atoms with van der Waals surface area (Å²) in [6.07, 6.45) is 8.29. The minimum atomic E-state index is -3.11. The van der Waals surface area contributed by atoms with E-state index in [9.17, 15) is 13.2 Å². The summed E-state index contributed by atoms with van der Waals surface area (Å²) in [5.74, 6) is 0.0617. The van der Waals surface area contributed by atoms with Gasteiger partial charge in [0.05, 0.1) is 5.25 Å². The molecule has 2 aliphatic rings. The molecule has 22 heavy (non-hydrogen) atoms. The lowest BCUT2D eigenvalue weighted by molar-refractivity contribution is -0.138. The van der Waals surface area contributed by atoms with Crippen molar-refractivity contribution in [2.75, 3.05) is 13.3 Å². The average Bonchev–Trinajstić information content (AvgIpc) is 2.45. The Hall–Kier alpha value is -0.330. The molecule has 0 aromatic heterocycles. The Balaban J connectivity index is 0.00000242. The van der Waals surface area contributed by atoms with Crippen LogP contribution in [0.25, 0.3) is 0 Å². The van der Waals surface area contributed by atoms with Crippen molar-refractivity contribution in [3.05, 3.63) is 0 Å². The highest BCUT2D eigenvalue weighted by molar-refractivity contribution is 7.91. The minimum absolute atomic E-state index is 0. The summed E-state index contributed by atoms with van der Waals surface area (Å²) in [6.45, 7) is 0. The van der Waals surface area contributed by atoms with E-state index in [0.29, 0.717) is 6.42 Å². The molecule has 0 spiro atoms. The van der Waals surface area contributed by atoms with E-state index in [1.165, 1.54) is 6.26 Å². The van der Waals surface area contributed by atoms with E-state index in [1.54, 1.807) is 11.9 Å². The van der Waals surface area contributed by atoms with E-state index in [0.717, 1.165) is 44.9 Å². The summed E-state index contributed by atoms with van der Waals surface area (Å²) in [5.41, 5.74) is 5.97. The third-order valence-corrected chi connectivity index (χ3v) is 6.78. The lowest BCUT2D eigenvalue weighted by Crippen LogP contribution is -2.51. The van der Waals surface area contributed by atoms with Crippen molar-refractivity contribution in [1.29, 1.82) is 0 Å². The van der Waals surface area contributed by atoms with Crippen LogP contribution in [0.5, 0.6) is 0 Å². The van der Waals surface area contributed by atoms with Gasteiger partial charge in [-0.3, -0.25) is 4.79 Å². The van der Waals surface area contributed by atoms with Gasteiger partial charge < -0.3 is 10.6 Å². The molecule has 4 atom stereocenters. The van der Waals surface area contributed by atoms with Gasteiger partial charge in [0.25, 0.3) is 0 Å². The first kappa shape index (κ1) is 19.7. The molecule has 2 aliphatic carbocycles. The molecule has 0 bridgehead atoms. The first-order valence-corrected chi connectivity index (χ1v) is 9.97. The van der Waals surface area contributed by atoms with E-state index < -0.39 is 15.1 Å². The molecule has 2 rings (SSSR count). The van der Waals surface area contributed by atoms with Crippen molar-refractivity contribution < 1.29 is 13.2 Å². The van der Waals surface area contributed by atoms with Crippen molar-refractivity contribution >= 4 is 28.2 Å². The summed E-state index contributed by atoms with van der Waals surface area (Å²) in [4.78, 5) is 14.4. The Labute approximate surface area is 140 Å². The van der Waals surface area contributed by atoms with Crippen LogP contribution in [0, 0.1) is 5.92 Å². The Kier molecular flexibility index (Phi) is 7.15.